The number of likely N-dealkylation sites (N-methyl/N-ethyl adjacent to an activating group) is 1. The highest BCUT2D eigenvalue weighted by atomic mass is 35.5. The lowest BCUT2D eigenvalue weighted by Gasteiger charge is -2.16. The van der Waals surface area contributed by atoms with Crippen molar-refractivity contribution in [3.05, 3.63) is 29.3 Å². The summed E-state index contributed by atoms with van der Waals surface area (Å²) in [5, 5.41) is 6.63. The molecule has 0 spiro atoms. The Morgan fingerprint density at radius 1 is 1.33 bits per heavy atom. The number of benzene rings is 1. The molecule has 0 aliphatic carbocycles. The van der Waals surface area contributed by atoms with E-state index in [4.69, 9.17) is 11.6 Å². The first-order valence-electron chi connectivity index (χ1n) is 7.16. The summed E-state index contributed by atoms with van der Waals surface area (Å²) < 4.78 is 0. The van der Waals surface area contributed by atoms with Gasteiger partial charge in [-0.05, 0) is 30.8 Å². The molecule has 2 amide bonds. The molecule has 1 saturated heterocycles. The molecule has 6 heteroatoms. The number of rotatable bonds is 6. The molecule has 1 aromatic rings. The summed E-state index contributed by atoms with van der Waals surface area (Å²) in [7, 11) is 0. The number of nitrogens with zero attached hydrogens (tertiary/aromatic N) is 1. The first-order chi connectivity index (χ1) is 10.1. The molecule has 2 rings (SSSR count). The van der Waals surface area contributed by atoms with Crippen LogP contribution in [-0.4, -0.2) is 38.0 Å². The van der Waals surface area contributed by atoms with Crippen LogP contribution in [0.3, 0.4) is 0 Å². The molecular weight excluding hydrogens is 290 g/mol. The van der Waals surface area contributed by atoms with Gasteiger partial charge in [0.15, 0.2) is 0 Å². The van der Waals surface area contributed by atoms with Gasteiger partial charge in [0.25, 0.3) is 0 Å². The topological polar surface area (TPSA) is 61.4 Å². The Hall–Kier alpha value is -1.59. The maximum Gasteiger partial charge on any atom is 0.227 e. The van der Waals surface area contributed by atoms with Gasteiger partial charge < -0.3 is 15.5 Å². The van der Waals surface area contributed by atoms with E-state index in [0.717, 1.165) is 18.8 Å². The number of hydrogen-bond acceptors (Lipinski definition) is 3. The standard InChI is InChI=1S/C15H20ClN3O2/c1-2-17-7-8-18-15(21)11-9-14(20)19(10-11)13-5-3-12(16)4-6-13/h3-6,11,17H,2,7-10H2,1H3,(H,18,21). The van der Waals surface area contributed by atoms with Crippen LogP contribution in [0.2, 0.25) is 5.02 Å². The van der Waals surface area contributed by atoms with E-state index in [9.17, 15) is 9.59 Å². The molecule has 1 aromatic carbocycles. The number of carbonyl (C=O) groups excluding carboxylic acids is 2. The van der Waals surface area contributed by atoms with Crippen LogP contribution in [0.5, 0.6) is 0 Å². The molecule has 1 aliphatic heterocycles. The highest BCUT2D eigenvalue weighted by Gasteiger charge is 2.34. The Kier molecular flexibility index (Phi) is 5.59. The Balaban J connectivity index is 1.90. The van der Waals surface area contributed by atoms with Crippen LogP contribution in [0, 0.1) is 5.92 Å². The molecular formula is C15H20ClN3O2. The summed E-state index contributed by atoms with van der Waals surface area (Å²) in [5.74, 6) is -0.364. The molecule has 2 N–H and O–H groups in total. The minimum absolute atomic E-state index is 0.0239. The third-order valence-corrected chi connectivity index (χ3v) is 3.74. The van der Waals surface area contributed by atoms with Crippen LogP contribution in [0.4, 0.5) is 5.69 Å². The van der Waals surface area contributed by atoms with E-state index in [1.807, 2.05) is 6.92 Å². The first-order valence-corrected chi connectivity index (χ1v) is 7.54. The molecule has 1 atom stereocenters. The second-order valence-electron chi connectivity index (χ2n) is 5.03. The molecule has 1 heterocycles. The van der Waals surface area contributed by atoms with E-state index in [2.05, 4.69) is 10.6 Å². The van der Waals surface area contributed by atoms with Crippen LogP contribution in [0.15, 0.2) is 24.3 Å². The van der Waals surface area contributed by atoms with Crippen molar-refractivity contribution in [2.24, 2.45) is 5.92 Å². The minimum Gasteiger partial charge on any atom is -0.355 e. The van der Waals surface area contributed by atoms with Crippen LogP contribution in [0.1, 0.15) is 13.3 Å². The summed E-state index contributed by atoms with van der Waals surface area (Å²) in [6.07, 6.45) is 0.260. The van der Waals surface area contributed by atoms with Crippen molar-refractivity contribution in [2.45, 2.75) is 13.3 Å². The largest absolute Gasteiger partial charge is 0.355 e. The molecule has 0 saturated carbocycles. The number of halogens is 1. The Morgan fingerprint density at radius 3 is 2.71 bits per heavy atom. The fraction of sp³-hybridized carbons (Fsp3) is 0.467. The van der Waals surface area contributed by atoms with Crippen molar-refractivity contribution in [3.63, 3.8) is 0 Å². The summed E-state index contributed by atoms with van der Waals surface area (Å²) in [5.41, 5.74) is 0.785. The average Bonchev–Trinajstić information content (AvgIpc) is 2.86. The average molecular weight is 310 g/mol. The van der Waals surface area contributed by atoms with E-state index in [1.54, 1.807) is 29.2 Å². The molecule has 114 valence electrons. The van der Waals surface area contributed by atoms with Crippen molar-refractivity contribution in [3.8, 4) is 0 Å². The van der Waals surface area contributed by atoms with Gasteiger partial charge in [-0.15, -0.1) is 0 Å². The molecule has 0 aromatic heterocycles. The Bertz CT molecular complexity index is 504. The molecule has 0 bridgehead atoms. The number of anilines is 1. The van der Waals surface area contributed by atoms with Crippen molar-refractivity contribution in [2.75, 3.05) is 31.1 Å². The first kappa shape index (κ1) is 15.8. The molecule has 1 fully saturated rings. The zero-order valence-corrected chi connectivity index (χ0v) is 12.8. The van der Waals surface area contributed by atoms with Crippen molar-refractivity contribution >= 4 is 29.1 Å². The molecule has 0 radical (unpaired) electrons. The zero-order valence-electron chi connectivity index (χ0n) is 12.1. The third-order valence-electron chi connectivity index (χ3n) is 3.49. The van der Waals surface area contributed by atoms with E-state index < -0.39 is 0 Å². The Morgan fingerprint density at radius 2 is 2.05 bits per heavy atom. The fourth-order valence-electron chi connectivity index (χ4n) is 2.35. The van der Waals surface area contributed by atoms with Gasteiger partial charge >= 0.3 is 0 Å². The maximum absolute atomic E-state index is 12.1. The monoisotopic (exact) mass is 309 g/mol. The molecule has 5 nitrogen and oxygen atoms in total. The lowest BCUT2D eigenvalue weighted by molar-refractivity contribution is -0.126. The summed E-state index contributed by atoms with van der Waals surface area (Å²) in [6, 6.07) is 7.08. The molecule has 1 unspecified atom stereocenters. The van der Waals surface area contributed by atoms with Crippen LogP contribution in [0.25, 0.3) is 0 Å². The van der Waals surface area contributed by atoms with Gasteiger partial charge in [-0.3, -0.25) is 9.59 Å². The minimum atomic E-state index is -0.283. The van der Waals surface area contributed by atoms with E-state index in [0.29, 0.717) is 18.1 Å². The van der Waals surface area contributed by atoms with Crippen molar-refractivity contribution in [1.29, 1.82) is 0 Å². The van der Waals surface area contributed by atoms with Gasteiger partial charge in [-0.2, -0.15) is 0 Å². The highest BCUT2D eigenvalue weighted by molar-refractivity contribution is 6.30. The van der Waals surface area contributed by atoms with Crippen LogP contribution < -0.4 is 15.5 Å². The normalized spacial score (nSPS) is 18.1. The van der Waals surface area contributed by atoms with E-state index in [1.165, 1.54) is 0 Å². The summed E-state index contributed by atoms with van der Waals surface area (Å²) in [6.45, 7) is 4.64. The maximum atomic E-state index is 12.1. The second-order valence-corrected chi connectivity index (χ2v) is 5.46. The highest BCUT2D eigenvalue weighted by Crippen LogP contribution is 2.26. The predicted molar refractivity (Wildman–Crippen MR) is 83.5 cm³/mol. The Labute approximate surface area is 129 Å². The number of nitrogens with one attached hydrogen (secondary N) is 2. The lowest BCUT2D eigenvalue weighted by atomic mass is 10.1. The number of hydrogen-bond donors (Lipinski definition) is 2. The van der Waals surface area contributed by atoms with Gasteiger partial charge in [0, 0.05) is 36.8 Å². The molecule has 21 heavy (non-hydrogen) atoms. The van der Waals surface area contributed by atoms with Crippen molar-refractivity contribution < 1.29 is 9.59 Å². The van der Waals surface area contributed by atoms with Gasteiger partial charge in [0.05, 0.1) is 5.92 Å². The van der Waals surface area contributed by atoms with Crippen molar-refractivity contribution in [1.82, 2.24) is 10.6 Å². The van der Waals surface area contributed by atoms with Gasteiger partial charge in [-0.25, -0.2) is 0 Å². The van der Waals surface area contributed by atoms with Gasteiger partial charge in [-0.1, -0.05) is 18.5 Å². The zero-order chi connectivity index (χ0) is 15.2. The fourth-order valence-corrected chi connectivity index (χ4v) is 2.47. The smallest absolute Gasteiger partial charge is 0.227 e. The SMILES string of the molecule is CCNCCNC(=O)C1CC(=O)N(c2ccc(Cl)cc2)C1. The van der Waals surface area contributed by atoms with Gasteiger partial charge in [0.2, 0.25) is 11.8 Å². The predicted octanol–water partition coefficient (Wildman–Crippen LogP) is 1.42. The summed E-state index contributed by atoms with van der Waals surface area (Å²) in [4.78, 5) is 25.7. The number of carbonyl (C=O) groups is 2. The van der Waals surface area contributed by atoms with Gasteiger partial charge in [0.1, 0.15) is 0 Å². The second kappa shape index (κ2) is 7.43. The van der Waals surface area contributed by atoms with E-state index in [-0.39, 0.29) is 24.2 Å². The lowest BCUT2D eigenvalue weighted by Crippen LogP contribution is -2.37. The number of amides is 2. The summed E-state index contributed by atoms with van der Waals surface area (Å²) >= 11 is 5.84. The van der Waals surface area contributed by atoms with Crippen LogP contribution >= 0.6 is 11.6 Å². The third kappa shape index (κ3) is 4.19. The van der Waals surface area contributed by atoms with Crippen LogP contribution in [-0.2, 0) is 9.59 Å². The van der Waals surface area contributed by atoms with E-state index >= 15 is 0 Å². The quantitative estimate of drug-likeness (QED) is 0.781. The molecule has 1 aliphatic rings.